The van der Waals surface area contributed by atoms with Crippen molar-refractivity contribution >= 4 is 6.08 Å². The molecule has 1 heterocycles. The van der Waals surface area contributed by atoms with Gasteiger partial charge in [-0.1, -0.05) is 18.2 Å². The second-order valence-electron chi connectivity index (χ2n) is 3.24. The van der Waals surface area contributed by atoms with Crippen LogP contribution in [0.5, 0.6) is 5.75 Å². The maximum atomic E-state index is 8.94. The largest absolute Gasteiger partial charge is 0.488 e. The van der Waals surface area contributed by atoms with Crippen LogP contribution < -0.4 is 4.74 Å². The van der Waals surface area contributed by atoms with E-state index >= 15 is 0 Å². The number of fused-ring (bicyclic) bond motifs is 1. The lowest BCUT2D eigenvalue weighted by Crippen LogP contribution is -2.10. The summed E-state index contributed by atoms with van der Waals surface area (Å²) in [7, 11) is 0. The fourth-order valence-electron chi connectivity index (χ4n) is 1.50. The number of benzene rings is 1. The molecule has 2 rings (SSSR count). The first-order valence-electron chi connectivity index (χ1n) is 4.34. The molecule has 0 unspecified atom stereocenters. The van der Waals surface area contributed by atoms with E-state index in [-0.39, 0.29) is 6.61 Å². The molecule has 0 spiro atoms. The highest BCUT2D eigenvalue weighted by Gasteiger charge is 2.11. The third-order valence-corrected chi connectivity index (χ3v) is 2.21. The molecular formula is C11H12O2. The first-order chi connectivity index (χ1) is 6.31. The fourth-order valence-corrected chi connectivity index (χ4v) is 1.50. The van der Waals surface area contributed by atoms with Crippen molar-refractivity contribution in [2.75, 3.05) is 13.2 Å². The van der Waals surface area contributed by atoms with Crippen molar-refractivity contribution in [1.82, 2.24) is 0 Å². The van der Waals surface area contributed by atoms with Gasteiger partial charge in [-0.15, -0.1) is 0 Å². The van der Waals surface area contributed by atoms with Gasteiger partial charge >= 0.3 is 0 Å². The lowest BCUT2D eigenvalue weighted by Gasteiger charge is -2.18. The Balaban J connectivity index is 2.47. The predicted molar refractivity (Wildman–Crippen MR) is 51.7 cm³/mol. The molecule has 13 heavy (non-hydrogen) atoms. The minimum absolute atomic E-state index is 0.0768. The smallest absolute Gasteiger partial charge is 0.129 e. The third-order valence-electron chi connectivity index (χ3n) is 2.21. The van der Waals surface area contributed by atoms with Crippen molar-refractivity contribution in [3.8, 4) is 5.75 Å². The first-order valence-corrected chi connectivity index (χ1v) is 4.34. The summed E-state index contributed by atoms with van der Waals surface area (Å²) in [4.78, 5) is 0. The fraction of sp³-hybridized carbons (Fsp3) is 0.273. The number of aryl methyl sites for hydroxylation is 1. The van der Waals surface area contributed by atoms with Gasteiger partial charge in [0.05, 0.1) is 6.61 Å². The molecule has 0 amide bonds. The van der Waals surface area contributed by atoms with E-state index in [1.807, 2.05) is 31.2 Å². The van der Waals surface area contributed by atoms with Crippen LogP contribution in [0.4, 0.5) is 0 Å². The van der Waals surface area contributed by atoms with E-state index in [2.05, 4.69) is 0 Å². The second kappa shape index (κ2) is 3.23. The molecule has 0 aromatic heterocycles. The maximum absolute atomic E-state index is 8.94. The van der Waals surface area contributed by atoms with Gasteiger partial charge in [0.1, 0.15) is 12.4 Å². The summed E-state index contributed by atoms with van der Waals surface area (Å²) >= 11 is 0. The monoisotopic (exact) mass is 176 g/mol. The van der Waals surface area contributed by atoms with Gasteiger partial charge in [-0.25, -0.2) is 0 Å². The Hall–Kier alpha value is -1.28. The highest BCUT2D eigenvalue weighted by atomic mass is 16.5. The summed E-state index contributed by atoms with van der Waals surface area (Å²) in [5.74, 6) is 0.944. The molecule has 68 valence electrons. The SMILES string of the molecule is Cc1cccc2c1OCC(CO)=C2. The Kier molecular flexibility index (Phi) is 2.07. The Morgan fingerprint density at radius 2 is 2.31 bits per heavy atom. The van der Waals surface area contributed by atoms with E-state index in [9.17, 15) is 0 Å². The summed E-state index contributed by atoms with van der Waals surface area (Å²) in [6.45, 7) is 2.61. The van der Waals surface area contributed by atoms with E-state index in [1.54, 1.807) is 0 Å². The van der Waals surface area contributed by atoms with Gasteiger partial charge < -0.3 is 9.84 Å². The molecule has 2 nitrogen and oxygen atoms in total. The van der Waals surface area contributed by atoms with Crippen LogP contribution in [0.2, 0.25) is 0 Å². The Labute approximate surface area is 77.5 Å². The van der Waals surface area contributed by atoms with E-state index in [4.69, 9.17) is 9.84 Å². The lowest BCUT2D eigenvalue weighted by molar-refractivity contribution is 0.284. The van der Waals surface area contributed by atoms with Gasteiger partial charge in [0.2, 0.25) is 0 Å². The lowest BCUT2D eigenvalue weighted by atomic mass is 10.0. The predicted octanol–water partition coefficient (Wildman–Crippen LogP) is 1.76. The molecule has 0 radical (unpaired) electrons. The number of hydrogen-bond donors (Lipinski definition) is 1. The van der Waals surface area contributed by atoms with Crippen LogP contribution >= 0.6 is 0 Å². The molecule has 1 aromatic rings. The Morgan fingerprint density at radius 1 is 1.46 bits per heavy atom. The van der Waals surface area contributed by atoms with Crippen molar-refractivity contribution in [2.24, 2.45) is 0 Å². The number of ether oxygens (including phenoxy) is 1. The normalized spacial score (nSPS) is 14.5. The van der Waals surface area contributed by atoms with Crippen LogP contribution in [-0.2, 0) is 0 Å². The molecule has 1 aliphatic rings. The van der Waals surface area contributed by atoms with Gasteiger partial charge in [0.25, 0.3) is 0 Å². The number of rotatable bonds is 1. The highest BCUT2D eigenvalue weighted by molar-refractivity contribution is 5.64. The summed E-state index contributed by atoms with van der Waals surface area (Å²) in [6.07, 6.45) is 1.99. The van der Waals surface area contributed by atoms with Crippen molar-refractivity contribution in [2.45, 2.75) is 6.92 Å². The van der Waals surface area contributed by atoms with E-state index in [0.717, 1.165) is 22.4 Å². The molecule has 2 heteroatoms. The average Bonchev–Trinajstić information content (AvgIpc) is 2.18. The third kappa shape index (κ3) is 1.45. The number of hydrogen-bond acceptors (Lipinski definition) is 2. The van der Waals surface area contributed by atoms with Crippen LogP contribution in [0.15, 0.2) is 23.8 Å². The second-order valence-corrected chi connectivity index (χ2v) is 3.24. The van der Waals surface area contributed by atoms with Gasteiger partial charge in [-0.2, -0.15) is 0 Å². The molecule has 0 saturated carbocycles. The van der Waals surface area contributed by atoms with Crippen LogP contribution in [0.3, 0.4) is 0 Å². The van der Waals surface area contributed by atoms with E-state index < -0.39 is 0 Å². The van der Waals surface area contributed by atoms with Crippen LogP contribution in [0, 0.1) is 6.92 Å². The number of aliphatic hydroxyl groups is 1. The van der Waals surface area contributed by atoms with Gasteiger partial charge in [0, 0.05) is 5.56 Å². The molecule has 0 aliphatic carbocycles. The Bertz CT molecular complexity index is 353. The average molecular weight is 176 g/mol. The standard InChI is InChI=1S/C11H12O2/c1-8-3-2-4-10-5-9(6-12)7-13-11(8)10/h2-5,12H,6-7H2,1H3. The van der Waals surface area contributed by atoms with Crippen molar-refractivity contribution in [3.05, 3.63) is 34.9 Å². The molecule has 1 N–H and O–H groups in total. The van der Waals surface area contributed by atoms with Gasteiger partial charge in [-0.3, -0.25) is 0 Å². The Morgan fingerprint density at radius 3 is 3.08 bits per heavy atom. The molecule has 0 saturated heterocycles. The zero-order valence-corrected chi connectivity index (χ0v) is 7.58. The van der Waals surface area contributed by atoms with Gasteiger partial charge in [-0.05, 0) is 24.1 Å². The van der Waals surface area contributed by atoms with Crippen molar-refractivity contribution in [1.29, 1.82) is 0 Å². The first kappa shape index (κ1) is 8.32. The highest BCUT2D eigenvalue weighted by Crippen LogP contribution is 2.29. The van der Waals surface area contributed by atoms with Crippen LogP contribution in [0.1, 0.15) is 11.1 Å². The minimum Gasteiger partial charge on any atom is -0.488 e. The molecule has 1 aromatic carbocycles. The molecule has 0 atom stereocenters. The summed E-state index contributed by atoms with van der Waals surface area (Å²) in [6, 6.07) is 6.02. The summed E-state index contributed by atoms with van der Waals surface area (Å²) < 4.78 is 5.53. The van der Waals surface area contributed by atoms with Crippen LogP contribution in [-0.4, -0.2) is 18.3 Å². The summed E-state index contributed by atoms with van der Waals surface area (Å²) in [5.41, 5.74) is 3.14. The number of para-hydroxylation sites is 1. The molecule has 0 fully saturated rings. The topological polar surface area (TPSA) is 29.5 Å². The molecular weight excluding hydrogens is 164 g/mol. The maximum Gasteiger partial charge on any atom is 0.129 e. The van der Waals surface area contributed by atoms with E-state index in [1.165, 1.54) is 0 Å². The van der Waals surface area contributed by atoms with Gasteiger partial charge in [0.15, 0.2) is 0 Å². The minimum atomic E-state index is 0.0768. The zero-order chi connectivity index (χ0) is 9.26. The van der Waals surface area contributed by atoms with E-state index in [0.29, 0.717) is 6.61 Å². The van der Waals surface area contributed by atoms with Crippen molar-refractivity contribution < 1.29 is 9.84 Å². The van der Waals surface area contributed by atoms with Crippen molar-refractivity contribution in [3.63, 3.8) is 0 Å². The molecule has 1 aliphatic heterocycles. The van der Waals surface area contributed by atoms with Crippen LogP contribution in [0.25, 0.3) is 6.08 Å². The molecule has 0 bridgehead atoms. The summed E-state index contributed by atoms with van der Waals surface area (Å²) in [5, 5.41) is 8.94. The quantitative estimate of drug-likeness (QED) is 0.706. The zero-order valence-electron chi connectivity index (χ0n) is 7.58. The number of aliphatic hydroxyl groups excluding tert-OH is 1.